The van der Waals surface area contributed by atoms with Crippen LogP contribution in [0.3, 0.4) is 0 Å². The summed E-state index contributed by atoms with van der Waals surface area (Å²) in [5, 5.41) is 23.2. The van der Waals surface area contributed by atoms with Gasteiger partial charge in [0.15, 0.2) is 0 Å². The lowest BCUT2D eigenvalue weighted by Gasteiger charge is -2.17. The standard InChI is InChI=1S/C15H15FN2O3/c16-12-6-7-15(18(20)21)14(9-12)17-13(10-19)8-11-4-2-1-3-5-11/h1-7,9,13,17,19H,8,10H2. The quantitative estimate of drug-likeness (QED) is 0.633. The minimum Gasteiger partial charge on any atom is -0.394 e. The lowest BCUT2D eigenvalue weighted by molar-refractivity contribution is -0.384. The van der Waals surface area contributed by atoms with Gasteiger partial charge in [0.25, 0.3) is 5.69 Å². The number of benzene rings is 2. The predicted molar refractivity (Wildman–Crippen MR) is 77.7 cm³/mol. The van der Waals surface area contributed by atoms with E-state index >= 15 is 0 Å². The van der Waals surface area contributed by atoms with Gasteiger partial charge in [-0.2, -0.15) is 0 Å². The Labute approximate surface area is 121 Å². The van der Waals surface area contributed by atoms with Crippen LogP contribution in [0.2, 0.25) is 0 Å². The van der Waals surface area contributed by atoms with Crippen LogP contribution in [0, 0.1) is 15.9 Å². The van der Waals surface area contributed by atoms with Gasteiger partial charge in [0.2, 0.25) is 0 Å². The van der Waals surface area contributed by atoms with Gasteiger partial charge in [-0.05, 0) is 18.1 Å². The fraction of sp³-hybridized carbons (Fsp3) is 0.200. The van der Waals surface area contributed by atoms with Crippen molar-refractivity contribution in [1.82, 2.24) is 0 Å². The van der Waals surface area contributed by atoms with Crippen LogP contribution in [0.25, 0.3) is 0 Å². The molecule has 2 N–H and O–H groups in total. The Morgan fingerprint density at radius 3 is 2.57 bits per heavy atom. The molecule has 21 heavy (non-hydrogen) atoms. The third-order valence-corrected chi connectivity index (χ3v) is 3.06. The van der Waals surface area contributed by atoms with Crippen LogP contribution in [0.1, 0.15) is 5.56 Å². The average molecular weight is 290 g/mol. The Morgan fingerprint density at radius 1 is 1.24 bits per heavy atom. The van der Waals surface area contributed by atoms with E-state index in [4.69, 9.17) is 0 Å². The lowest BCUT2D eigenvalue weighted by Crippen LogP contribution is -2.26. The van der Waals surface area contributed by atoms with Crippen molar-refractivity contribution in [1.29, 1.82) is 0 Å². The van der Waals surface area contributed by atoms with E-state index in [2.05, 4.69) is 5.32 Å². The normalized spacial score (nSPS) is 11.9. The van der Waals surface area contributed by atoms with E-state index in [0.29, 0.717) is 6.42 Å². The molecule has 0 bridgehead atoms. The van der Waals surface area contributed by atoms with Gasteiger partial charge in [-0.3, -0.25) is 10.1 Å². The van der Waals surface area contributed by atoms with E-state index in [1.54, 1.807) is 0 Å². The smallest absolute Gasteiger partial charge is 0.292 e. The van der Waals surface area contributed by atoms with Gasteiger partial charge in [0.1, 0.15) is 11.5 Å². The molecule has 2 rings (SSSR count). The van der Waals surface area contributed by atoms with Crippen molar-refractivity contribution in [2.75, 3.05) is 11.9 Å². The largest absolute Gasteiger partial charge is 0.394 e. The van der Waals surface area contributed by atoms with Crippen LogP contribution in [0.4, 0.5) is 15.8 Å². The maximum Gasteiger partial charge on any atom is 0.292 e. The molecule has 2 aromatic carbocycles. The SMILES string of the molecule is O=[N+]([O-])c1ccc(F)cc1NC(CO)Cc1ccccc1. The van der Waals surface area contributed by atoms with Crippen molar-refractivity contribution in [2.45, 2.75) is 12.5 Å². The molecule has 0 fully saturated rings. The predicted octanol–water partition coefficient (Wildman–Crippen LogP) is 2.75. The van der Waals surface area contributed by atoms with Gasteiger partial charge >= 0.3 is 0 Å². The van der Waals surface area contributed by atoms with Crippen LogP contribution in [0.15, 0.2) is 48.5 Å². The Bertz CT molecular complexity index is 620. The monoisotopic (exact) mass is 290 g/mol. The second kappa shape index (κ2) is 6.81. The summed E-state index contributed by atoms with van der Waals surface area (Å²) >= 11 is 0. The van der Waals surface area contributed by atoms with E-state index in [0.717, 1.165) is 23.8 Å². The highest BCUT2D eigenvalue weighted by Gasteiger charge is 2.18. The van der Waals surface area contributed by atoms with Gasteiger partial charge in [-0.1, -0.05) is 30.3 Å². The van der Waals surface area contributed by atoms with Gasteiger partial charge in [-0.15, -0.1) is 0 Å². The summed E-state index contributed by atoms with van der Waals surface area (Å²) in [6.45, 7) is -0.220. The van der Waals surface area contributed by atoms with Crippen LogP contribution in [-0.4, -0.2) is 22.7 Å². The van der Waals surface area contributed by atoms with E-state index in [9.17, 15) is 19.6 Å². The number of aliphatic hydroxyl groups is 1. The second-order valence-electron chi connectivity index (χ2n) is 4.63. The minimum atomic E-state index is -0.585. The molecule has 0 aliphatic rings. The molecule has 0 radical (unpaired) electrons. The zero-order valence-corrected chi connectivity index (χ0v) is 11.2. The number of hydrogen-bond donors (Lipinski definition) is 2. The van der Waals surface area contributed by atoms with Crippen molar-refractivity contribution in [3.8, 4) is 0 Å². The van der Waals surface area contributed by atoms with Crippen LogP contribution in [0.5, 0.6) is 0 Å². The van der Waals surface area contributed by atoms with E-state index in [-0.39, 0.29) is 18.0 Å². The van der Waals surface area contributed by atoms with Crippen LogP contribution in [-0.2, 0) is 6.42 Å². The number of nitrogens with zero attached hydrogens (tertiary/aromatic N) is 1. The molecule has 6 heteroatoms. The summed E-state index contributed by atoms with van der Waals surface area (Å²) in [5.41, 5.74) is 0.820. The van der Waals surface area contributed by atoms with Crippen molar-refractivity contribution >= 4 is 11.4 Å². The molecular weight excluding hydrogens is 275 g/mol. The summed E-state index contributed by atoms with van der Waals surface area (Å²) in [4.78, 5) is 10.4. The summed E-state index contributed by atoms with van der Waals surface area (Å²) in [7, 11) is 0. The summed E-state index contributed by atoms with van der Waals surface area (Å²) in [6.07, 6.45) is 0.477. The molecule has 2 aromatic rings. The zero-order chi connectivity index (χ0) is 15.2. The highest BCUT2D eigenvalue weighted by molar-refractivity contribution is 5.62. The Balaban J connectivity index is 2.18. The average Bonchev–Trinajstić information content (AvgIpc) is 2.47. The number of anilines is 1. The Kier molecular flexibility index (Phi) is 4.84. The maximum absolute atomic E-state index is 13.3. The Morgan fingerprint density at radius 2 is 1.95 bits per heavy atom. The number of rotatable bonds is 6. The van der Waals surface area contributed by atoms with E-state index in [1.165, 1.54) is 0 Å². The molecule has 1 unspecified atom stereocenters. The molecule has 0 aliphatic carbocycles. The minimum absolute atomic E-state index is 0.0648. The molecule has 0 spiro atoms. The number of nitrogens with one attached hydrogen (secondary N) is 1. The fourth-order valence-electron chi connectivity index (χ4n) is 2.06. The molecular formula is C15H15FN2O3. The Hall–Kier alpha value is -2.47. The molecule has 5 nitrogen and oxygen atoms in total. The first-order chi connectivity index (χ1) is 10.1. The molecule has 0 amide bonds. The number of nitro groups is 1. The zero-order valence-electron chi connectivity index (χ0n) is 11.2. The number of aliphatic hydroxyl groups excluding tert-OH is 1. The van der Waals surface area contributed by atoms with E-state index in [1.807, 2.05) is 30.3 Å². The fourth-order valence-corrected chi connectivity index (χ4v) is 2.06. The van der Waals surface area contributed by atoms with Gasteiger partial charge in [-0.25, -0.2) is 4.39 Å². The second-order valence-corrected chi connectivity index (χ2v) is 4.63. The van der Waals surface area contributed by atoms with Crippen LogP contribution >= 0.6 is 0 Å². The molecule has 0 saturated heterocycles. The molecule has 0 saturated carbocycles. The molecule has 0 aromatic heterocycles. The maximum atomic E-state index is 13.3. The number of nitro benzene ring substituents is 1. The molecule has 0 heterocycles. The van der Waals surface area contributed by atoms with Crippen molar-refractivity contribution < 1.29 is 14.4 Å². The lowest BCUT2D eigenvalue weighted by atomic mass is 10.1. The number of hydrogen-bond acceptors (Lipinski definition) is 4. The number of halogens is 1. The van der Waals surface area contributed by atoms with Crippen molar-refractivity contribution in [3.05, 3.63) is 70.0 Å². The first-order valence-corrected chi connectivity index (χ1v) is 6.45. The first-order valence-electron chi connectivity index (χ1n) is 6.45. The van der Waals surface area contributed by atoms with Gasteiger partial charge in [0.05, 0.1) is 17.6 Å². The van der Waals surface area contributed by atoms with E-state index < -0.39 is 16.8 Å². The summed E-state index contributed by atoms with van der Waals surface area (Å²) in [5.74, 6) is -0.570. The molecule has 1 atom stereocenters. The van der Waals surface area contributed by atoms with Crippen molar-refractivity contribution in [2.24, 2.45) is 0 Å². The summed E-state index contributed by atoms with van der Waals surface area (Å²) < 4.78 is 13.3. The first kappa shape index (κ1) is 14.9. The highest BCUT2D eigenvalue weighted by Crippen LogP contribution is 2.26. The summed E-state index contributed by atoms with van der Waals surface area (Å²) in [6, 6.07) is 12.2. The third-order valence-electron chi connectivity index (χ3n) is 3.06. The molecule has 0 aliphatic heterocycles. The third kappa shape index (κ3) is 4.00. The van der Waals surface area contributed by atoms with Crippen LogP contribution < -0.4 is 5.32 Å². The van der Waals surface area contributed by atoms with Crippen molar-refractivity contribution in [3.63, 3.8) is 0 Å². The van der Waals surface area contributed by atoms with Gasteiger partial charge < -0.3 is 10.4 Å². The van der Waals surface area contributed by atoms with Gasteiger partial charge in [0, 0.05) is 12.1 Å². The highest BCUT2D eigenvalue weighted by atomic mass is 19.1. The topological polar surface area (TPSA) is 75.4 Å². The molecule has 110 valence electrons.